The van der Waals surface area contributed by atoms with E-state index in [1.807, 2.05) is 24.3 Å². The van der Waals surface area contributed by atoms with Gasteiger partial charge in [-0.3, -0.25) is 0 Å². The molecule has 2 rings (SSSR count). The van der Waals surface area contributed by atoms with Crippen LogP contribution in [0.25, 0.3) is 10.6 Å². The molecule has 0 spiro atoms. The van der Waals surface area contributed by atoms with E-state index in [9.17, 15) is 0 Å². The van der Waals surface area contributed by atoms with Crippen molar-refractivity contribution < 1.29 is 0 Å². The molecule has 1 N–H and O–H groups in total. The Bertz CT molecular complexity index is 522. The Labute approximate surface area is 129 Å². The van der Waals surface area contributed by atoms with Crippen molar-refractivity contribution >= 4 is 22.9 Å². The summed E-state index contributed by atoms with van der Waals surface area (Å²) >= 11 is 7.55. The van der Waals surface area contributed by atoms with Crippen molar-refractivity contribution in [1.29, 1.82) is 0 Å². The molecule has 0 amide bonds. The zero-order valence-corrected chi connectivity index (χ0v) is 13.5. The van der Waals surface area contributed by atoms with Crippen LogP contribution in [0, 0.1) is 5.92 Å². The van der Waals surface area contributed by atoms with E-state index in [1.165, 1.54) is 0 Å². The van der Waals surface area contributed by atoms with E-state index in [2.05, 4.69) is 29.4 Å². The molecular formula is C15H20ClN3S. The summed E-state index contributed by atoms with van der Waals surface area (Å²) < 4.78 is 0. The zero-order chi connectivity index (χ0) is 14.4. The Morgan fingerprint density at radius 3 is 2.65 bits per heavy atom. The molecule has 1 aromatic heterocycles. The number of aromatic nitrogens is 2. The van der Waals surface area contributed by atoms with Crippen LogP contribution in [0.5, 0.6) is 0 Å². The normalized spacial score (nSPS) is 11.2. The maximum Gasteiger partial charge on any atom is 0.147 e. The van der Waals surface area contributed by atoms with Crippen molar-refractivity contribution in [3.05, 3.63) is 34.3 Å². The average Bonchev–Trinajstić information content (AvgIpc) is 2.87. The monoisotopic (exact) mass is 309 g/mol. The van der Waals surface area contributed by atoms with E-state index in [1.54, 1.807) is 11.3 Å². The lowest BCUT2D eigenvalue weighted by atomic mass is 10.2. The average molecular weight is 310 g/mol. The van der Waals surface area contributed by atoms with Gasteiger partial charge in [0.25, 0.3) is 0 Å². The molecule has 0 fully saturated rings. The number of benzene rings is 1. The number of hydrogen-bond acceptors (Lipinski definition) is 4. The van der Waals surface area contributed by atoms with Crippen molar-refractivity contribution in [2.24, 2.45) is 5.92 Å². The number of halogens is 1. The fourth-order valence-electron chi connectivity index (χ4n) is 1.82. The molecule has 0 aliphatic rings. The number of nitrogens with one attached hydrogen (secondary N) is 1. The number of rotatable bonds is 7. The zero-order valence-electron chi connectivity index (χ0n) is 11.9. The minimum atomic E-state index is 0.702. The summed E-state index contributed by atoms with van der Waals surface area (Å²) in [5, 5.41) is 14.8. The van der Waals surface area contributed by atoms with Crippen LogP contribution < -0.4 is 5.32 Å². The minimum absolute atomic E-state index is 0.702. The van der Waals surface area contributed by atoms with Crippen LogP contribution in [0.1, 0.15) is 25.3 Å². The summed E-state index contributed by atoms with van der Waals surface area (Å²) in [7, 11) is 0. The summed E-state index contributed by atoms with van der Waals surface area (Å²) in [6.45, 7) is 6.55. The van der Waals surface area contributed by atoms with Gasteiger partial charge in [-0.1, -0.05) is 48.9 Å². The van der Waals surface area contributed by atoms with Gasteiger partial charge in [0.2, 0.25) is 0 Å². The second-order valence-electron chi connectivity index (χ2n) is 5.21. The van der Waals surface area contributed by atoms with Crippen molar-refractivity contribution in [3.63, 3.8) is 0 Å². The summed E-state index contributed by atoms with van der Waals surface area (Å²) in [6, 6.07) is 7.73. The van der Waals surface area contributed by atoms with Gasteiger partial charge in [0.05, 0.1) is 0 Å². The SMILES string of the molecule is CC(C)CNCCCc1nnc(-c2ccc(Cl)cc2)s1. The first-order valence-electron chi connectivity index (χ1n) is 6.94. The number of nitrogens with zero attached hydrogens (tertiary/aromatic N) is 2. The molecular weight excluding hydrogens is 290 g/mol. The molecule has 108 valence electrons. The van der Waals surface area contributed by atoms with Crippen LogP contribution in [0.15, 0.2) is 24.3 Å². The molecule has 1 aromatic carbocycles. The first-order valence-corrected chi connectivity index (χ1v) is 8.13. The number of hydrogen-bond donors (Lipinski definition) is 1. The van der Waals surface area contributed by atoms with Gasteiger partial charge in [-0.05, 0) is 37.6 Å². The molecule has 1 heterocycles. The van der Waals surface area contributed by atoms with Crippen LogP contribution in [0.4, 0.5) is 0 Å². The molecule has 3 nitrogen and oxygen atoms in total. The van der Waals surface area contributed by atoms with Gasteiger partial charge < -0.3 is 5.32 Å². The Kier molecular flexibility index (Phi) is 5.95. The van der Waals surface area contributed by atoms with E-state index in [0.29, 0.717) is 5.92 Å². The molecule has 2 aromatic rings. The third-order valence-electron chi connectivity index (χ3n) is 2.85. The molecule has 0 aliphatic heterocycles. The largest absolute Gasteiger partial charge is 0.316 e. The lowest BCUT2D eigenvalue weighted by molar-refractivity contribution is 0.542. The predicted octanol–water partition coefficient (Wildman–Crippen LogP) is 4.04. The Balaban J connectivity index is 1.82. The van der Waals surface area contributed by atoms with E-state index < -0.39 is 0 Å². The second kappa shape index (κ2) is 7.72. The van der Waals surface area contributed by atoms with Gasteiger partial charge in [-0.25, -0.2) is 0 Å². The van der Waals surface area contributed by atoms with Crippen LogP contribution >= 0.6 is 22.9 Å². The molecule has 5 heteroatoms. The molecule has 0 aliphatic carbocycles. The molecule has 20 heavy (non-hydrogen) atoms. The van der Waals surface area contributed by atoms with Gasteiger partial charge in [0.1, 0.15) is 10.0 Å². The highest BCUT2D eigenvalue weighted by atomic mass is 35.5. The maximum atomic E-state index is 5.89. The van der Waals surface area contributed by atoms with Gasteiger partial charge >= 0.3 is 0 Å². The highest BCUT2D eigenvalue weighted by Gasteiger charge is 2.06. The second-order valence-corrected chi connectivity index (χ2v) is 6.71. The highest BCUT2D eigenvalue weighted by molar-refractivity contribution is 7.14. The first kappa shape index (κ1) is 15.4. The summed E-state index contributed by atoms with van der Waals surface area (Å²) in [5.41, 5.74) is 1.08. The Morgan fingerprint density at radius 1 is 1.20 bits per heavy atom. The molecule has 0 saturated heterocycles. The quantitative estimate of drug-likeness (QED) is 0.784. The predicted molar refractivity (Wildman–Crippen MR) is 86.4 cm³/mol. The minimum Gasteiger partial charge on any atom is -0.316 e. The van der Waals surface area contributed by atoms with Crippen LogP contribution in [0.3, 0.4) is 0 Å². The molecule has 0 radical (unpaired) electrons. The Morgan fingerprint density at radius 2 is 1.95 bits per heavy atom. The van der Waals surface area contributed by atoms with Crippen molar-refractivity contribution in [2.75, 3.05) is 13.1 Å². The Hall–Kier alpha value is -0.970. The third-order valence-corrected chi connectivity index (χ3v) is 4.14. The van der Waals surface area contributed by atoms with Crippen LogP contribution in [-0.4, -0.2) is 23.3 Å². The summed E-state index contributed by atoms with van der Waals surface area (Å²) in [4.78, 5) is 0. The van der Waals surface area contributed by atoms with Gasteiger partial charge in [0.15, 0.2) is 0 Å². The smallest absolute Gasteiger partial charge is 0.147 e. The van der Waals surface area contributed by atoms with E-state index in [0.717, 1.165) is 46.5 Å². The van der Waals surface area contributed by atoms with Gasteiger partial charge in [-0.2, -0.15) is 0 Å². The lowest BCUT2D eigenvalue weighted by Gasteiger charge is -2.05. The fraction of sp³-hybridized carbons (Fsp3) is 0.467. The summed E-state index contributed by atoms with van der Waals surface area (Å²) in [6.07, 6.45) is 2.08. The van der Waals surface area contributed by atoms with Crippen LogP contribution in [0.2, 0.25) is 5.02 Å². The van der Waals surface area contributed by atoms with Crippen LogP contribution in [-0.2, 0) is 6.42 Å². The topological polar surface area (TPSA) is 37.8 Å². The molecule has 0 atom stereocenters. The summed E-state index contributed by atoms with van der Waals surface area (Å²) in [5.74, 6) is 0.702. The van der Waals surface area contributed by atoms with Crippen molar-refractivity contribution in [3.8, 4) is 10.6 Å². The lowest BCUT2D eigenvalue weighted by Crippen LogP contribution is -2.21. The standard InChI is InChI=1S/C15H20ClN3S/c1-11(2)10-17-9-3-4-14-18-19-15(20-14)12-5-7-13(16)8-6-12/h5-8,11,17H,3-4,9-10H2,1-2H3. The van der Waals surface area contributed by atoms with Gasteiger partial charge in [-0.15, -0.1) is 10.2 Å². The molecule has 0 unspecified atom stereocenters. The number of aryl methyl sites for hydroxylation is 1. The maximum absolute atomic E-state index is 5.89. The third kappa shape index (κ3) is 4.85. The van der Waals surface area contributed by atoms with Crippen molar-refractivity contribution in [2.45, 2.75) is 26.7 Å². The van der Waals surface area contributed by atoms with Crippen molar-refractivity contribution in [1.82, 2.24) is 15.5 Å². The highest BCUT2D eigenvalue weighted by Crippen LogP contribution is 2.25. The van der Waals surface area contributed by atoms with E-state index >= 15 is 0 Å². The van der Waals surface area contributed by atoms with E-state index in [-0.39, 0.29) is 0 Å². The van der Waals surface area contributed by atoms with E-state index in [4.69, 9.17) is 11.6 Å². The molecule has 0 saturated carbocycles. The van der Waals surface area contributed by atoms with Gasteiger partial charge in [0, 0.05) is 17.0 Å². The fourth-order valence-corrected chi connectivity index (χ4v) is 2.83. The molecule has 0 bridgehead atoms. The first-order chi connectivity index (χ1) is 9.65.